The fourth-order valence-electron chi connectivity index (χ4n) is 1.57. The molecule has 0 saturated carbocycles. The summed E-state index contributed by atoms with van der Waals surface area (Å²) in [7, 11) is 1.42. The fraction of sp³-hybridized carbons (Fsp3) is 0.167. The molecule has 5 nitrogen and oxygen atoms in total. The van der Waals surface area contributed by atoms with E-state index < -0.39 is 12.0 Å². The summed E-state index contributed by atoms with van der Waals surface area (Å²) in [4.78, 5) is 6.53. The Kier molecular flexibility index (Phi) is 4.08. The number of nitrogens with two attached hydrogens (primary N) is 1. The number of nitrogen functional groups attached to an aromatic ring is 1. The van der Waals surface area contributed by atoms with E-state index in [0.717, 1.165) is 0 Å². The summed E-state index contributed by atoms with van der Waals surface area (Å²) in [6.07, 6.45) is -4.69. The summed E-state index contributed by atoms with van der Waals surface area (Å²) < 4.78 is 43.0. The van der Waals surface area contributed by atoms with Gasteiger partial charge in [0, 0.05) is 11.1 Å². The molecule has 3 N–H and O–H groups in total. The van der Waals surface area contributed by atoms with Gasteiger partial charge in [-0.15, -0.1) is 0 Å². The molecule has 21 heavy (non-hydrogen) atoms. The second-order valence-electron chi connectivity index (χ2n) is 3.97. The highest BCUT2D eigenvalue weighted by Gasteiger charge is 2.35. The topological polar surface area (TPSA) is 73.1 Å². The first-order valence-electron chi connectivity index (χ1n) is 5.62. The van der Waals surface area contributed by atoms with Gasteiger partial charge in [0.2, 0.25) is 5.82 Å². The van der Waals surface area contributed by atoms with Crippen LogP contribution in [-0.4, -0.2) is 17.1 Å². The zero-order chi connectivity index (χ0) is 15.6. The lowest BCUT2D eigenvalue weighted by Crippen LogP contribution is -2.13. The van der Waals surface area contributed by atoms with Crippen LogP contribution >= 0.6 is 11.6 Å². The Morgan fingerprint density at radius 3 is 2.57 bits per heavy atom. The van der Waals surface area contributed by atoms with Crippen LogP contribution in [0.4, 0.5) is 30.5 Å². The van der Waals surface area contributed by atoms with Crippen LogP contribution in [0.5, 0.6) is 5.75 Å². The molecule has 112 valence electrons. The molecule has 0 radical (unpaired) electrons. The maximum absolute atomic E-state index is 12.6. The Morgan fingerprint density at radius 2 is 1.95 bits per heavy atom. The third-order valence-corrected chi connectivity index (χ3v) is 2.66. The van der Waals surface area contributed by atoms with Gasteiger partial charge < -0.3 is 15.8 Å². The number of hydrogen-bond acceptors (Lipinski definition) is 5. The van der Waals surface area contributed by atoms with Gasteiger partial charge in [0.1, 0.15) is 17.4 Å². The molecule has 1 heterocycles. The normalized spacial score (nSPS) is 11.3. The Balaban J connectivity index is 2.40. The summed E-state index contributed by atoms with van der Waals surface area (Å²) in [6, 6.07) is 5.82. The molecular weight excluding hydrogens is 309 g/mol. The number of ether oxygens (including phenoxy) is 1. The Bertz CT molecular complexity index is 663. The van der Waals surface area contributed by atoms with Gasteiger partial charge >= 0.3 is 6.18 Å². The molecule has 0 spiro atoms. The Labute approximate surface area is 122 Å². The van der Waals surface area contributed by atoms with E-state index in [4.69, 9.17) is 22.1 Å². The van der Waals surface area contributed by atoms with Gasteiger partial charge in [-0.05, 0) is 18.2 Å². The molecule has 0 bridgehead atoms. The summed E-state index contributed by atoms with van der Waals surface area (Å²) in [6.45, 7) is 0. The average molecular weight is 319 g/mol. The number of methoxy groups -OCH3 is 1. The Hall–Kier alpha value is -2.22. The van der Waals surface area contributed by atoms with Gasteiger partial charge in [0.05, 0.1) is 12.8 Å². The monoisotopic (exact) mass is 318 g/mol. The van der Waals surface area contributed by atoms with Crippen LogP contribution in [0.1, 0.15) is 5.82 Å². The van der Waals surface area contributed by atoms with E-state index in [0.29, 0.717) is 16.5 Å². The minimum absolute atomic E-state index is 0.115. The van der Waals surface area contributed by atoms with E-state index in [-0.39, 0.29) is 11.6 Å². The van der Waals surface area contributed by atoms with Crippen molar-refractivity contribution in [3.05, 3.63) is 35.1 Å². The fourth-order valence-corrected chi connectivity index (χ4v) is 1.74. The molecule has 1 aromatic heterocycles. The molecule has 0 atom stereocenters. The third kappa shape index (κ3) is 3.66. The smallest absolute Gasteiger partial charge is 0.451 e. The van der Waals surface area contributed by atoms with Crippen LogP contribution in [0.15, 0.2) is 24.3 Å². The van der Waals surface area contributed by atoms with Gasteiger partial charge in [0.15, 0.2) is 0 Å². The number of hydrogen-bond donors (Lipinski definition) is 2. The number of aromatic nitrogens is 2. The quantitative estimate of drug-likeness (QED) is 0.906. The van der Waals surface area contributed by atoms with Gasteiger partial charge in [-0.25, -0.2) is 9.97 Å². The molecular formula is C12H10ClF3N4O. The molecule has 0 saturated heterocycles. The Morgan fingerprint density at radius 1 is 1.24 bits per heavy atom. The van der Waals surface area contributed by atoms with Crippen LogP contribution < -0.4 is 15.8 Å². The molecule has 9 heteroatoms. The van der Waals surface area contributed by atoms with Crippen LogP contribution in [0.2, 0.25) is 5.02 Å². The zero-order valence-electron chi connectivity index (χ0n) is 10.7. The number of benzene rings is 1. The van der Waals surface area contributed by atoms with E-state index in [1.807, 2.05) is 0 Å². The van der Waals surface area contributed by atoms with E-state index in [9.17, 15) is 13.2 Å². The molecule has 2 rings (SSSR count). The van der Waals surface area contributed by atoms with Crippen LogP contribution in [0.25, 0.3) is 0 Å². The zero-order valence-corrected chi connectivity index (χ0v) is 11.5. The van der Waals surface area contributed by atoms with Crippen molar-refractivity contribution in [3.8, 4) is 5.75 Å². The van der Waals surface area contributed by atoms with Crippen molar-refractivity contribution in [2.45, 2.75) is 6.18 Å². The highest BCUT2D eigenvalue weighted by molar-refractivity contribution is 6.31. The summed E-state index contributed by atoms with van der Waals surface area (Å²) >= 11 is 5.84. The lowest BCUT2D eigenvalue weighted by molar-refractivity contribution is -0.144. The minimum atomic E-state index is -4.69. The highest BCUT2D eigenvalue weighted by atomic mass is 35.5. The number of nitrogens with zero attached hydrogens (tertiary/aromatic N) is 2. The first kappa shape index (κ1) is 15.2. The van der Waals surface area contributed by atoms with Gasteiger partial charge in [0.25, 0.3) is 0 Å². The van der Waals surface area contributed by atoms with Crippen molar-refractivity contribution in [2.75, 3.05) is 18.2 Å². The predicted molar refractivity (Wildman–Crippen MR) is 72.7 cm³/mol. The second-order valence-corrected chi connectivity index (χ2v) is 4.41. The van der Waals surface area contributed by atoms with Crippen molar-refractivity contribution in [1.29, 1.82) is 0 Å². The second kappa shape index (κ2) is 5.65. The first-order valence-corrected chi connectivity index (χ1v) is 5.99. The summed E-state index contributed by atoms with van der Waals surface area (Å²) in [5, 5.41) is 3.06. The van der Waals surface area contributed by atoms with Crippen molar-refractivity contribution < 1.29 is 17.9 Å². The van der Waals surface area contributed by atoms with Crippen LogP contribution in [0.3, 0.4) is 0 Å². The molecule has 0 aliphatic heterocycles. The van der Waals surface area contributed by atoms with Crippen molar-refractivity contribution >= 4 is 28.9 Å². The molecule has 0 unspecified atom stereocenters. The number of rotatable bonds is 3. The molecule has 0 amide bonds. The number of nitrogens with one attached hydrogen (secondary N) is 1. The first-order chi connectivity index (χ1) is 9.79. The van der Waals surface area contributed by atoms with E-state index in [1.165, 1.54) is 19.2 Å². The minimum Gasteiger partial charge on any atom is -0.495 e. The third-order valence-electron chi connectivity index (χ3n) is 2.42. The van der Waals surface area contributed by atoms with Crippen molar-refractivity contribution in [2.24, 2.45) is 0 Å². The SMILES string of the molecule is COc1ccc(Cl)cc1Nc1cc(N)nc(C(F)(F)F)n1. The standard InChI is InChI=1S/C12H10ClF3N4O/c1-21-8-3-2-6(13)4-7(8)18-10-5-9(17)19-11(20-10)12(14,15)16/h2-5H,1H3,(H3,17,18,19,20). The maximum Gasteiger partial charge on any atom is 0.451 e. The van der Waals surface area contributed by atoms with Crippen LogP contribution in [-0.2, 0) is 6.18 Å². The van der Waals surface area contributed by atoms with Gasteiger partial charge in [-0.3, -0.25) is 0 Å². The van der Waals surface area contributed by atoms with E-state index in [2.05, 4.69) is 15.3 Å². The largest absolute Gasteiger partial charge is 0.495 e. The van der Waals surface area contributed by atoms with E-state index >= 15 is 0 Å². The number of alkyl halides is 3. The number of anilines is 3. The van der Waals surface area contributed by atoms with Crippen molar-refractivity contribution in [1.82, 2.24) is 9.97 Å². The van der Waals surface area contributed by atoms with E-state index in [1.54, 1.807) is 12.1 Å². The molecule has 0 aliphatic carbocycles. The molecule has 1 aromatic carbocycles. The van der Waals surface area contributed by atoms with Crippen LogP contribution in [0, 0.1) is 0 Å². The van der Waals surface area contributed by atoms with Gasteiger partial charge in [-0.1, -0.05) is 11.6 Å². The number of halogens is 4. The molecule has 2 aromatic rings. The summed E-state index contributed by atoms with van der Waals surface area (Å²) in [5.41, 5.74) is 5.72. The maximum atomic E-state index is 12.6. The molecule has 0 fully saturated rings. The lowest BCUT2D eigenvalue weighted by Gasteiger charge is -2.13. The molecule has 0 aliphatic rings. The average Bonchev–Trinajstić information content (AvgIpc) is 2.37. The summed E-state index contributed by atoms with van der Waals surface area (Å²) in [5.74, 6) is -1.35. The highest BCUT2D eigenvalue weighted by Crippen LogP contribution is 2.32. The van der Waals surface area contributed by atoms with Gasteiger partial charge in [-0.2, -0.15) is 13.2 Å². The predicted octanol–water partition coefficient (Wildman–Crippen LogP) is 3.48. The van der Waals surface area contributed by atoms with Crippen molar-refractivity contribution in [3.63, 3.8) is 0 Å². The lowest BCUT2D eigenvalue weighted by atomic mass is 10.3.